The van der Waals surface area contributed by atoms with Gasteiger partial charge in [0, 0.05) is 32.6 Å². The summed E-state index contributed by atoms with van der Waals surface area (Å²) in [6.07, 6.45) is 2.63. The number of carbonyl (C=O) groups excluding carboxylic acids is 1. The number of esters is 1. The second kappa shape index (κ2) is 8.23. The third kappa shape index (κ3) is 4.06. The number of likely N-dealkylation sites (tertiary alicyclic amines) is 1. The lowest BCUT2D eigenvalue weighted by molar-refractivity contribution is -0.146. The summed E-state index contributed by atoms with van der Waals surface area (Å²) in [7, 11) is 3.27. The lowest BCUT2D eigenvalue weighted by atomic mass is 9.93. The Balaban J connectivity index is 1.55. The molecule has 0 aromatic heterocycles. The fourth-order valence-electron chi connectivity index (χ4n) is 3.67. The van der Waals surface area contributed by atoms with E-state index >= 15 is 0 Å². The van der Waals surface area contributed by atoms with Crippen molar-refractivity contribution in [1.82, 2.24) is 10.2 Å². The molecule has 136 valence electrons. The van der Waals surface area contributed by atoms with Gasteiger partial charge in [0.1, 0.15) is 5.75 Å². The zero-order valence-electron chi connectivity index (χ0n) is 15.0. The van der Waals surface area contributed by atoms with Crippen LogP contribution < -0.4 is 10.1 Å². The Kier molecular flexibility index (Phi) is 5.79. The van der Waals surface area contributed by atoms with Crippen LogP contribution in [0.5, 0.6) is 5.75 Å². The summed E-state index contributed by atoms with van der Waals surface area (Å²) >= 11 is 0. The molecule has 1 atom stereocenters. The molecule has 3 rings (SSSR count). The number of hydrogen-bond acceptors (Lipinski definition) is 4. The highest BCUT2D eigenvalue weighted by atomic mass is 16.5. The van der Waals surface area contributed by atoms with Crippen molar-refractivity contribution in [3.05, 3.63) is 29.8 Å². The minimum Gasteiger partial charge on any atom is -0.493 e. The number of carbonyl (C=O) groups is 1. The molecule has 1 aromatic carbocycles. The number of nitrogens with zero attached hydrogens (tertiary/aromatic N) is 2. The second-order valence-electron chi connectivity index (χ2n) is 6.58. The fourth-order valence-corrected chi connectivity index (χ4v) is 3.67. The predicted octanol–water partition coefficient (Wildman–Crippen LogP) is 2.01. The molecule has 2 aliphatic rings. The van der Waals surface area contributed by atoms with Gasteiger partial charge in [0.2, 0.25) is 0 Å². The van der Waals surface area contributed by atoms with Crippen molar-refractivity contribution in [3.8, 4) is 5.75 Å². The molecule has 1 aromatic rings. The van der Waals surface area contributed by atoms with Crippen LogP contribution in [0.1, 0.15) is 30.7 Å². The molecule has 6 heteroatoms. The number of guanidine groups is 1. The summed E-state index contributed by atoms with van der Waals surface area (Å²) < 4.78 is 10.6. The standard InChI is InChI=1S/C19H27N3O3/c1-20-19(22-10-7-14(8-11-22)18(23)24-2)21-13-15-9-12-25-17-6-4-3-5-16(15)17/h3-6,14-15H,7-13H2,1-2H3,(H,20,21). The Morgan fingerprint density at radius 2 is 2.08 bits per heavy atom. The number of piperidine rings is 1. The first kappa shape index (κ1) is 17.6. The molecule has 0 aliphatic carbocycles. The normalized spacial score (nSPS) is 21.3. The van der Waals surface area contributed by atoms with E-state index in [-0.39, 0.29) is 11.9 Å². The zero-order chi connectivity index (χ0) is 17.6. The smallest absolute Gasteiger partial charge is 0.308 e. The molecule has 0 amide bonds. The Bertz CT molecular complexity index is 624. The van der Waals surface area contributed by atoms with Crippen LogP contribution in [-0.4, -0.2) is 57.2 Å². The number of para-hydroxylation sites is 1. The average molecular weight is 345 g/mol. The van der Waals surface area contributed by atoms with Gasteiger partial charge < -0.3 is 19.7 Å². The summed E-state index contributed by atoms with van der Waals surface area (Å²) in [4.78, 5) is 18.3. The number of benzene rings is 1. The van der Waals surface area contributed by atoms with Crippen LogP contribution in [0, 0.1) is 5.92 Å². The summed E-state index contributed by atoms with van der Waals surface area (Å²) in [5, 5.41) is 3.51. The third-order valence-electron chi connectivity index (χ3n) is 5.13. The first-order valence-corrected chi connectivity index (χ1v) is 8.98. The van der Waals surface area contributed by atoms with Gasteiger partial charge in [0.15, 0.2) is 5.96 Å². The van der Waals surface area contributed by atoms with E-state index in [0.717, 1.165) is 57.2 Å². The quantitative estimate of drug-likeness (QED) is 0.516. The van der Waals surface area contributed by atoms with E-state index in [2.05, 4.69) is 27.3 Å². The van der Waals surface area contributed by atoms with Crippen LogP contribution in [0.15, 0.2) is 29.3 Å². The maximum absolute atomic E-state index is 11.7. The van der Waals surface area contributed by atoms with Gasteiger partial charge in [-0.1, -0.05) is 18.2 Å². The van der Waals surface area contributed by atoms with E-state index in [1.807, 2.05) is 19.2 Å². The van der Waals surface area contributed by atoms with Crippen LogP contribution in [0.3, 0.4) is 0 Å². The monoisotopic (exact) mass is 345 g/mol. The minimum absolute atomic E-state index is 0.0155. The van der Waals surface area contributed by atoms with Gasteiger partial charge in [-0.05, 0) is 30.9 Å². The first-order chi connectivity index (χ1) is 12.2. The maximum atomic E-state index is 11.7. The van der Waals surface area contributed by atoms with Crippen molar-refractivity contribution >= 4 is 11.9 Å². The summed E-state index contributed by atoms with van der Waals surface area (Å²) in [6.45, 7) is 3.24. The van der Waals surface area contributed by atoms with Crippen molar-refractivity contribution in [2.45, 2.75) is 25.2 Å². The molecule has 0 saturated carbocycles. The van der Waals surface area contributed by atoms with Crippen LogP contribution in [0.4, 0.5) is 0 Å². The van der Waals surface area contributed by atoms with Gasteiger partial charge in [-0.15, -0.1) is 0 Å². The van der Waals surface area contributed by atoms with E-state index in [4.69, 9.17) is 9.47 Å². The summed E-state index contributed by atoms with van der Waals surface area (Å²) in [5.74, 6) is 2.25. The molecule has 0 spiro atoms. The van der Waals surface area contributed by atoms with Gasteiger partial charge in [-0.3, -0.25) is 9.79 Å². The van der Waals surface area contributed by atoms with Crippen molar-refractivity contribution in [2.24, 2.45) is 10.9 Å². The lowest BCUT2D eigenvalue weighted by Gasteiger charge is -2.34. The SMILES string of the molecule is CN=C(NCC1CCOc2ccccc21)N1CCC(C(=O)OC)CC1. The highest BCUT2D eigenvalue weighted by Crippen LogP contribution is 2.32. The molecule has 1 saturated heterocycles. The number of rotatable bonds is 3. The Morgan fingerprint density at radius 3 is 2.80 bits per heavy atom. The predicted molar refractivity (Wildman–Crippen MR) is 97.0 cm³/mol. The van der Waals surface area contributed by atoms with Gasteiger partial charge in [-0.2, -0.15) is 0 Å². The van der Waals surface area contributed by atoms with Gasteiger partial charge in [0.05, 0.1) is 19.6 Å². The topological polar surface area (TPSA) is 63.2 Å². The lowest BCUT2D eigenvalue weighted by Crippen LogP contribution is -2.47. The van der Waals surface area contributed by atoms with Gasteiger partial charge in [-0.25, -0.2) is 0 Å². The van der Waals surface area contributed by atoms with Crippen molar-refractivity contribution in [1.29, 1.82) is 0 Å². The van der Waals surface area contributed by atoms with Crippen LogP contribution in [-0.2, 0) is 9.53 Å². The fraction of sp³-hybridized carbons (Fsp3) is 0.579. The van der Waals surface area contributed by atoms with Crippen LogP contribution in [0.25, 0.3) is 0 Å². The number of methoxy groups -OCH3 is 1. The van der Waals surface area contributed by atoms with E-state index in [9.17, 15) is 4.79 Å². The number of hydrogen-bond donors (Lipinski definition) is 1. The van der Waals surface area contributed by atoms with E-state index in [1.54, 1.807) is 0 Å². The Hall–Kier alpha value is -2.24. The van der Waals surface area contributed by atoms with Gasteiger partial charge in [0.25, 0.3) is 0 Å². The van der Waals surface area contributed by atoms with Crippen molar-refractivity contribution < 1.29 is 14.3 Å². The molecular weight excluding hydrogens is 318 g/mol. The largest absolute Gasteiger partial charge is 0.493 e. The maximum Gasteiger partial charge on any atom is 0.308 e. The first-order valence-electron chi connectivity index (χ1n) is 8.98. The number of aliphatic imine (C=N–C) groups is 1. The number of ether oxygens (including phenoxy) is 2. The Labute approximate surface area is 149 Å². The van der Waals surface area contributed by atoms with Crippen molar-refractivity contribution in [3.63, 3.8) is 0 Å². The van der Waals surface area contributed by atoms with Gasteiger partial charge >= 0.3 is 5.97 Å². The molecule has 1 N–H and O–H groups in total. The molecule has 0 bridgehead atoms. The number of fused-ring (bicyclic) bond motifs is 1. The van der Waals surface area contributed by atoms with E-state index in [0.29, 0.717) is 5.92 Å². The molecule has 1 fully saturated rings. The molecule has 6 nitrogen and oxygen atoms in total. The summed E-state index contributed by atoms with van der Waals surface area (Å²) in [6, 6.07) is 8.26. The third-order valence-corrected chi connectivity index (χ3v) is 5.13. The molecular formula is C19H27N3O3. The highest BCUT2D eigenvalue weighted by molar-refractivity contribution is 5.80. The molecule has 0 radical (unpaired) electrons. The minimum atomic E-state index is -0.0959. The molecule has 2 heterocycles. The second-order valence-corrected chi connectivity index (χ2v) is 6.58. The summed E-state index contributed by atoms with van der Waals surface area (Å²) in [5.41, 5.74) is 1.26. The number of nitrogens with one attached hydrogen (secondary N) is 1. The molecule has 2 aliphatic heterocycles. The highest BCUT2D eigenvalue weighted by Gasteiger charge is 2.28. The average Bonchev–Trinajstić information content (AvgIpc) is 2.68. The molecule has 25 heavy (non-hydrogen) atoms. The van der Waals surface area contributed by atoms with Crippen molar-refractivity contribution in [2.75, 3.05) is 40.4 Å². The Morgan fingerprint density at radius 1 is 1.32 bits per heavy atom. The van der Waals surface area contributed by atoms with Crippen LogP contribution in [0.2, 0.25) is 0 Å². The van der Waals surface area contributed by atoms with E-state index in [1.165, 1.54) is 12.7 Å². The van der Waals surface area contributed by atoms with E-state index < -0.39 is 0 Å². The zero-order valence-corrected chi connectivity index (χ0v) is 15.0. The van der Waals surface area contributed by atoms with Crippen LogP contribution >= 0.6 is 0 Å². The molecule has 1 unspecified atom stereocenters.